The van der Waals surface area contributed by atoms with Crippen molar-refractivity contribution in [1.29, 1.82) is 0 Å². The van der Waals surface area contributed by atoms with Crippen molar-refractivity contribution in [2.45, 2.75) is 32.1 Å². The summed E-state index contributed by atoms with van der Waals surface area (Å²) in [7, 11) is 0. The molecule has 2 atom stereocenters. The van der Waals surface area contributed by atoms with E-state index in [1.807, 2.05) is 12.1 Å². The first-order valence-corrected chi connectivity index (χ1v) is 7.90. The minimum absolute atomic E-state index is 0.0411. The molecule has 2 heterocycles. The fraction of sp³-hybridized carbons (Fsp3) is 0.529. The van der Waals surface area contributed by atoms with Crippen molar-refractivity contribution in [1.82, 2.24) is 4.90 Å². The molecule has 5 heteroatoms. The van der Waals surface area contributed by atoms with Gasteiger partial charge in [0.25, 0.3) is 0 Å². The topological polar surface area (TPSA) is 76.5 Å². The molecule has 0 radical (unpaired) electrons. The molecule has 22 heavy (non-hydrogen) atoms. The maximum Gasteiger partial charge on any atom is 0.246 e. The first-order chi connectivity index (χ1) is 10.5. The molecule has 118 valence electrons. The average molecular weight is 302 g/mol. The summed E-state index contributed by atoms with van der Waals surface area (Å²) in [6.07, 6.45) is 5.76. The van der Waals surface area contributed by atoms with Crippen LogP contribution in [0, 0.1) is 11.8 Å². The van der Waals surface area contributed by atoms with Crippen molar-refractivity contribution in [3.8, 4) is 0 Å². The Morgan fingerprint density at radius 1 is 1.32 bits per heavy atom. The van der Waals surface area contributed by atoms with Gasteiger partial charge in [0.1, 0.15) is 11.5 Å². The molecule has 2 aliphatic rings. The summed E-state index contributed by atoms with van der Waals surface area (Å²) < 4.78 is 5.75. The van der Waals surface area contributed by atoms with Crippen LogP contribution >= 0.6 is 0 Å². The molecule has 2 N–H and O–H groups in total. The summed E-state index contributed by atoms with van der Waals surface area (Å²) in [6.45, 7) is 3.38. The van der Waals surface area contributed by atoms with Gasteiger partial charge in [0.05, 0.1) is 0 Å². The number of nitrogens with two attached hydrogens (primary N) is 1. The normalized spacial score (nSPS) is 25.6. The lowest BCUT2D eigenvalue weighted by Crippen LogP contribution is -2.41. The summed E-state index contributed by atoms with van der Waals surface area (Å²) in [6, 6.07) is 3.90. The number of furan rings is 1. The third kappa shape index (κ3) is 3.24. The quantitative estimate of drug-likeness (QED) is 0.866. The monoisotopic (exact) mass is 302 g/mol. The predicted molar refractivity (Wildman–Crippen MR) is 82.8 cm³/mol. The third-order valence-electron chi connectivity index (χ3n) is 4.72. The van der Waals surface area contributed by atoms with Gasteiger partial charge < -0.3 is 15.1 Å². The van der Waals surface area contributed by atoms with Crippen molar-refractivity contribution in [3.05, 3.63) is 29.7 Å². The molecule has 3 rings (SSSR count). The molecular formula is C17H22N2O3. The van der Waals surface area contributed by atoms with Crippen LogP contribution in [0.3, 0.4) is 0 Å². The van der Waals surface area contributed by atoms with E-state index < -0.39 is 0 Å². The van der Waals surface area contributed by atoms with Crippen molar-refractivity contribution in [2.24, 2.45) is 17.6 Å². The van der Waals surface area contributed by atoms with Gasteiger partial charge in [-0.3, -0.25) is 9.59 Å². The highest BCUT2D eigenvalue weighted by atomic mass is 16.3. The number of rotatable bonds is 4. The highest BCUT2D eigenvalue weighted by Gasteiger charge is 2.36. The number of hydrogen-bond donors (Lipinski definition) is 1. The first-order valence-electron chi connectivity index (χ1n) is 7.90. The van der Waals surface area contributed by atoms with Crippen LogP contribution in [0.15, 0.2) is 22.6 Å². The Morgan fingerprint density at radius 3 is 2.59 bits per heavy atom. The fourth-order valence-corrected chi connectivity index (χ4v) is 3.02. The molecule has 5 nitrogen and oxygen atoms in total. The highest BCUT2D eigenvalue weighted by Crippen LogP contribution is 2.47. The number of amides is 2. The average Bonchev–Trinajstić information content (AvgIpc) is 3.06. The number of carbonyl (C=O) groups is 2. The summed E-state index contributed by atoms with van der Waals surface area (Å²) in [5.41, 5.74) is 5.30. The molecule has 1 aromatic heterocycles. The minimum Gasteiger partial charge on any atom is -0.461 e. The fourth-order valence-electron chi connectivity index (χ4n) is 3.02. The van der Waals surface area contributed by atoms with Gasteiger partial charge in [0, 0.05) is 31.0 Å². The largest absolute Gasteiger partial charge is 0.461 e. The molecule has 1 saturated carbocycles. The van der Waals surface area contributed by atoms with Crippen LogP contribution in [0.25, 0.3) is 6.08 Å². The van der Waals surface area contributed by atoms with Crippen LogP contribution in [0.5, 0.6) is 0 Å². The molecular weight excluding hydrogens is 280 g/mol. The number of primary amides is 1. The Hall–Kier alpha value is -2.04. The second-order valence-electron chi connectivity index (χ2n) is 6.39. The number of piperidine rings is 1. The molecule has 0 aromatic carbocycles. The Kier molecular flexibility index (Phi) is 4.05. The molecule has 1 aromatic rings. The van der Waals surface area contributed by atoms with Crippen molar-refractivity contribution in [3.63, 3.8) is 0 Å². The highest BCUT2D eigenvalue weighted by molar-refractivity contribution is 5.91. The van der Waals surface area contributed by atoms with E-state index in [1.165, 1.54) is 6.42 Å². The van der Waals surface area contributed by atoms with Gasteiger partial charge in [-0.15, -0.1) is 0 Å². The van der Waals surface area contributed by atoms with Crippen LogP contribution in [0.4, 0.5) is 0 Å². The zero-order valence-corrected chi connectivity index (χ0v) is 12.8. The smallest absolute Gasteiger partial charge is 0.246 e. The Bertz CT molecular complexity index is 597. The van der Waals surface area contributed by atoms with E-state index in [0.29, 0.717) is 37.8 Å². The molecule has 0 bridgehead atoms. The third-order valence-corrected chi connectivity index (χ3v) is 4.72. The molecule has 1 aliphatic carbocycles. The van der Waals surface area contributed by atoms with E-state index in [-0.39, 0.29) is 17.7 Å². The molecule has 2 amide bonds. The number of likely N-dealkylation sites (tertiary alicyclic amines) is 1. The number of carbonyl (C=O) groups excluding carboxylic acids is 2. The predicted octanol–water partition coefficient (Wildman–Crippen LogP) is 2.14. The lowest BCUT2D eigenvalue weighted by molar-refractivity contribution is -0.130. The van der Waals surface area contributed by atoms with E-state index in [1.54, 1.807) is 17.1 Å². The van der Waals surface area contributed by atoms with Crippen LogP contribution in [-0.2, 0) is 9.59 Å². The SMILES string of the molecule is CC1CC1c1ccc(C=CC(=O)N2CCC(C(N)=O)CC2)o1. The summed E-state index contributed by atoms with van der Waals surface area (Å²) in [5, 5.41) is 0. The second-order valence-corrected chi connectivity index (χ2v) is 6.39. The zero-order valence-electron chi connectivity index (χ0n) is 12.8. The van der Waals surface area contributed by atoms with Crippen molar-refractivity contribution >= 4 is 17.9 Å². The maximum atomic E-state index is 12.1. The van der Waals surface area contributed by atoms with Gasteiger partial charge in [0.2, 0.25) is 11.8 Å². The molecule has 1 saturated heterocycles. The molecule has 2 fully saturated rings. The van der Waals surface area contributed by atoms with Crippen molar-refractivity contribution in [2.75, 3.05) is 13.1 Å². The lowest BCUT2D eigenvalue weighted by Gasteiger charge is -2.29. The number of hydrogen-bond acceptors (Lipinski definition) is 3. The summed E-state index contributed by atoms with van der Waals surface area (Å²) >= 11 is 0. The lowest BCUT2D eigenvalue weighted by atomic mass is 9.96. The Balaban J connectivity index is 1.53. The van der Waals surface area contributed by atoms with Gasteiger partial charge in [-0.1, -0.05) is 6.92 Å². The van der Waals surface area contributed by atoms with Gasteiger partial charge in [0.15, 0.2) is 0 Å². The van der Waals surface area contributed by atoms with Gasteiger partial charge in [-0.05, 0) is 43.4 Å². The molecule has 1 aliphatic heterocycles. The van der Waals surface area contributed by atoms with Crippen LogP contribution in [0.1, 0.15) is 43.6 Å². The molecule has 0 spiro atoms. The second kappa shape index (κ2) is 5.99. The maximum absolute atomic E-state index is 12.1. The van der Waals surface area contributed by atoms with E-state index >= 15 is 0 Å². The first kappa shape index (κ1) is 14.9. The van der Waals surface area contributed by atoms with E-state index in [0.717, 1.165) is 11.5 Å². The van der Waals surface area contributed by atoms with E-state index in [4.69, 9.17) is 10.2 Å². The summed E-state index contributed by atoms with van der Waals surface area (Å²) in [5.74, 6) is 2.58. The standard InChI is InChI=1S/C17H22N2O3/c1-11-10-14(11)15-4-2-13(22-15)3-5-16(20)19-8-6-12(7-9-19)17(18)21/h2-5,11-12,14H,6-10H2,1H3,(H2,18,21). The van der Waals surface area contributed by atoms with E-state index in [2.05, 4.69) is 6.92 Å². The van der Waals surface area contributed by atoms with Crippen LogP contribution < -0.4 is 5.73 Å². The summed E-state index contributed by atoms with van der Waals surface area (Å²) in [4.78, 5) is 25.0. The molecule has 2 unspecified atom stereocenters. The van der Waals surface area contributed by atoms with Crippen LogP contribution in [0.2, 0.25) is 0 Å². The van der Waals surface area contributed by atoms with Crippen LogP contribution in [-0.4, -0.2) is 29.8 Å². The minimum atomic E-state index is -0.264. The van der Waals surface area contributed by atoms with Gasteiger partial charge in [-0.25, -0.2) is 0 Å². The Morgan fingerprint density at radius 2 is 2.00 bits per heavy atom. The zero-order chi connectivity index (χ0) is 15.7. The van der Waals surface area contributed by atoms with E-state index in [9.17, 15) is 9.59 Å². The van der Waals surface area contributed by atoms with Gasteiger partial charge >= 0.3 is 0 Å². The Labute approximate surface area is 130 Å². The number of nitrogens with zero attached hydrogens (tertiary/aromatic N) is 1. The van der Waals surface area contributed by atoms with Crippen molar-refractivity contribution < 1.29 is 14.0 Å². The van der Waals surface area contributed by atoms with Gasteiger partial charge in [-0.2, -0.15) is 0 Å².